The molecule has 0 spiro atoms. The molecule has 1 aromatic heterocycles. The van der Waals surface area contributed by atoms with E-state index in [0.717, 1.165) is 31.5 Å². The van der Waals surface area contributed by atoms with E-state index in [1.165, 1.54) is 17.4 Å². The predicted octanol–water partition coefficient (Wildman–Crippen LogP) is 4.74. The Morgan fingerprint density at radius 1 is 1.29 bits per heavy atom. The fourth-order valence-corrected chi connectivity index (χ4v) is 3.91. The highest BCUT2D eigenvalue weighted by Gasteiger charge is 2.31. The third kappa shape index (κ3) is 5.83. The van der Waals surface area contributed by atoms with Gasteiger partial charge in [-0.3, -0.25) is 4.79 Å². The minimum absolute atomic E-state index is 0. The zero-order valence-electron chi connectivity index (χ0n) is 15.2. The van der Waals surface area contributed by atoms with E-state index >= 15 is 0 Å². The maximum atomic E-state index is 12.9. The van der Waals surface area contributed by atoms with Crippen LogP contribution in [-0.2, 0) is 6.18 Å². The number of carbonyl (C=O) groups excluding carboxylic acids is 1. The zero-order chi connectivity index (χ0) is 18.7. The number of benzene rings is 1. The fourth-order valence-electron chi connectivity index (χ4n) is 3.12. The van der Waals surface area contributed by atoms with Crippen LogP contribution in [0, 0.1) is 5.92 Å². The molecular weight excluding hydrogens is 434 g/mol. The van der Waals surface area contributed by atoms with Crippen LogP contribution in [0.1, 0.15) is 28.9 Å². The number of hydrogen-bond donors (Lipinski definition) is 1. The minimum atomic E-state index is -4.40. The molecule has 1 amide bonds. The second-order valence-electron chi connectivity index (χ2n) is 6.41. The summed E-state index contributed by atoms with van der Waals surface area (Å²) in [7, 11) is 1.92. The van der Waals surface area contributed by atoms with Crippen molar-refractivity contribution in [2.45, 2.75) is 19.0 Å². The number of amides is 1. The highest BCUT2D eigenvalue weighted by molar-refractivity contribution is 7.13. The van der Waals surface area contributed by atoms with Crippen molar-refractivity contribution in [2.75, 3.05) is 26.7 Å². The highest BCUT2D eigenvalue weighted by atomic mass is 35.5. The molecular formula is C18H22Cl2F3N3OS. The molecule has 1 aromatic carbocycles. The smallest absolute Gasteiger partial charge is 0.337 e. The van der Waals surface area contributed by atoms with Crippen LogP contribution < -0.4 is 5.32 Å². The molecule has 4 nitrogen and oxygen atoms in total. The molecule has 0 unspecified atom stereocenters. The summed E-state index contributed by atoms with van der Waals surface area (Å²) < 4.78 is 38.6. The van der Waals surface area contributed by atoms with Gasteiger partial charge in [-0.25, -0.2) is 4.98 Å². The Hall–Kier alpha value is -1.35. The standard InChI is InChI=1S/C18H20F3N3OS.2ClH/c1-22-10-12-5-7-24(8-6-12)17(25)15-11-26-16(23-15)13-3-2-4-14(9-13)18(19,20)21;;/h2-4,9,11-12,22H,5-8,10H2,1H3;2*1H. The molecule has 0 atom stereocenters. The van der Waals surface area contributed by atoms with E-state index in [1.54, 1.807) is 16.3 Å². The van der Waals surface area contributed by atoms with Crippen molar-refractivity contribution in [3.05, 3.63) is 40.9 Å². The van der Waals surface area contributed by atoms with Crippen LogP contribution in [0.2, 0.25) is 0 Å². The number of rotatable bonds is 4. The highest BCUT2D eigenvalue weighted by Crippen LogP contribution is 2.33. The Labute approximate surface area is 178 Å². The van der Waals surface area contributed by atoms with Crippen molar-refractivity contribution in [2.24, 2.45) is 5.92 Å². The van der Waals surface area contributed by atoms with Crippen LogP contribution >= 0.6 is 36.2 Å². The summed E-state index contributed by atoms with van der Waals surface area (Å²) in [5.74, 6) is 0.419. The summed E-state index contributed by atoms with van der Waals surface area (Å²) in [5, 5.41) is 5.20. The Bertz CT molecular complexity index is 777. The van der Waals surface area contributed by atoms with Crippen LogP contribution in [0.25, 0.3) is 10.6 Å². The first-order chi connectivity index (χ1) is 12.4. The minimum Gasteiger partial charge on any atom is -0.337 e. The number of alkyl halides is 3. The molecule has 1 aliphatic heterocycles. The number of nitrogens with zero attached hydrogens (tertiary/aromatic N) is 2. The van der Waals surface area contributed by atoms with Gasteiger partial charge >= 0.3 is 6.18 Å². The summed E-state index contributed by atoms with van der Waals surface area (Å²) in [6, 6.07) is 5.02. The lowest BCUT2D eigenvalue weighted by Crippen LogP contribution is -2.40. The average molecular weight is 456 g/mol. The number of likely N-dealkylation sites (tertiary alicyclic amines) is 1. The van der Waals surface area contributed by atoms with Gasteiger partial charge in [0.15, 0.2) is 0 Å². The lowest BCUT2D eigenvalue weighted by Gasteiger charge is -2.31. The first-order valence-corrected chi connectivity index (χ1v) is 9.33. The van der Waals surface area contributed by atoms with Gasteiger partial charge in [0.05, 0.1) is 5.56 Å². The molecule has 2 aromatic rings. The van der Waals surface area contributed by atoms with Gasteiger partial charge in [-0.05, 0) is 44.5 Å². The van der Waals surface area contributed by atoms with Crippen LogP contribution in [0.4, 0.5) is 13.2 Å². The van der Waals surface area contributed by atoms with Gasteiger partial charge in [-0.2, -0.15) is 13.2 Å². The number of piperidine rings is 1. The predicted molar refractivity (Wildman–Crippen MR) is 110 cm³/mol. The van der Waals surface area contributed by atoms with E-state index in [4.69, 9.17) is 0 Å². The molecule has 28 heavy (non-hydrogen) atoms. The first kappa shape index (κ1) is 24.7. The molecule has 156 valence electrons. The Morgan fingerprint density at radius 3 is 2.57 bits per heavy atom. The SMILES string of the molecule is CNCC1CCN(C(=O)c2csc(-c3cccc(C(F)(F)F)c3)n2)CC1.Cl.Cl. The molecule has 0 aliphatic carbocycles. The van der Waals surface area contributed by atoms with Gasteiger partial charge in [0, 0.05) is 24.0 Å². The molecule has 1 aliphatic rings. The maximum Gasteiger partial charge on any atom is 0.416 e. The number of carbonyl (C=O) groups is 1. The lowest BCUT2D eigenvalue weighted by molar-refractivity contribution is -0.137. The number of hydrogen-bond acceptors (Lipinski definition) is 4. The van der Waals surface area contributed by atoms with Crippen molar-refractivity contribution in [1.29, 1.82) is 0 Å². The molecule has 0 saturated carbocycles. The molecule has 10 heteroatoms. The van der Waals surface area contributed by atoms with E-state index < -0.39 is 11.7 Å². The molecule has 2 heterocycles. The molecule has 1 saturated heterocycles. The van der Waals surface area contributed by atoms with Crippen molar-refractivity contribution in [3.63, 3.8) is 0 Å². The number of thiazole rings is 1. The molecule has 0 bridgehead atoms. The van der Waals surface area contributed by atoms with Gasteiger partial charge < -0.3 is 10.2 Å². The first-order valence-electron chi connectivity index (χ1n) is 8.45. The van der Waals surface area contributed by atoms with Crippen LogP contribution in [0.5, 0.6) is 0 Å². The zero-order valence-corrected chi connectivity index (χ0v) is 17.6. The molecule has 1 N–H and O–H groups in total. The number of aromatic nitrogens is 1. The van der Waals surface area contributed by atoms with Crippen LogP contribution in [-0.4, -0.2) is 42.5 Å². The normalized spacial score (nSPS) is 14.9. The van der Waals surface area contributed by atoms with Crippen molar-refractivity contribution in [1.82, 2.24) is 15.2 Å². The van der Waals surface area contributed by atoms with Gasteiger partial charge in [-0.1, -0.05) is 12.1 Å². The summed E-state index contributed by atoms with van der Waals surface area (Å²) in [6.07, 6.45) is -2.52. The molecule has 1 fully saturated rings. The number of nitrogens with one attached hydrogen (secondary N) is 1. The van der Waals surface area contributed by atoms with Crippen LogP contribution in [0.15, 0.2) is 29.6 Å². The number of halogens is 5. The second kappa shape index (κ2) is 10.4. The summed E-state index contributed by atoms with van der Waals surface area (Å²) >= 11 is 1.19. The van der Waals surface area contributed by atoms with E-state index in [0.29, 0.717) is 35.3 Å². The lowest BCUT2D eigenvalue weighted by atomic mass is 9.97. The van der Waals surface area contributed by atoms with Crippen molar-refractivity contribution < 1.29 is 18.0 Å². The van der Waals surface area contributed by atoms with E-state index in [2.05, 4.69) is 10.3 Å². The van der Waals surface area contributed by atoms with Crippen molar-refractivity contribution in [3.8, 4) is 10.6 Å². The monoisotopic (exact) mass is 455 g/mol. The summed E-state index contributed by atoms with van der Waals surface area (Å²) in [4.78, 5) is 18.7. The Balaban J connectivity index is 0.00000196. The largest absolute Gasteiger partial charge is 0.416 e. The van der Waals surface area contributed by atoms with E-state index in [1.807, 2.05) is 7.05 Å². The quantitative estimate of drug-likeness (QED) is 0.723. The summed E-state index contributed by atoms with van der Waals surface area (Å²) in [5.41, 5.74) is -0.0456. The van der Waals surface area contributed by atoms with E-state index in [-0.39, 0.29) is 30.7 Å². The molecule has 3 rings (SSSR count). The maximum absolute atomic E-state index is 12.9. The van der Waals surface area contributed by atoms with Crippen molar-refractivity contribution >= 4 is 42.1 Å². The fraction of sp³-hybridized carbons (Fsp3) is 0.444. The molecule has 0 radical (unpaired) electrons. The topological polar surface area (TPSA) is 45.2 Å². The summed E-state index contributed by atoms with van der Waals surface area (Å²) in [6.45, 7) is 2.31. The Kier molecular flexibility index (Phi) is 9.20. The third-order valence-corrected chi connectivity index (χ3v) is 5.45. The second-order valence-corrected chi connectivity index (χ2v) is 7.27. The van der Waals surface area contributed by atoms with Gasteiger partial charge in [0.2, 0.25) is 0 Å². The van der Waals surface area contributed by atoms with Gasteiger partial charge in [0.25, 0.3) is 5.91 Å². The van der Waals surface area contributed by atoms with E-state index in [9.17, 15) is 18.0 Å². The average Bonchev–Trinajstić information content (AvgIpc) is 3.12. The third-order valence-electron chi connectivity index (χ3n) is 4.55. The van der Waals surface area contributed by atoms with Gasteiger partial charge in [0.1, 0.15) is 10.7 Å². The van der Waals surface area contributed by atoms with Gasteiger partial charge in [-0.15, -0.1) is 36.2 Å². The van der Waals surface area contributed by atoms with Crippen LogP contribution in [0.3, 0.4) is 0 Å². The Morgan fingerprint density at radius 2 is 1.96 bits per heavy atom.